The van der Waals surface area contributed by atoms with E-state index in [1.54, 1.807) is 0 Å². The molecule has 1 aromatic heterocycles. The molecule has 1 N–H and O–H groups in total. The van der Waals surface area contributed by atoms with Crippen LogP contribution in [-0.4, -0.2) is 35.5 Å². The summed E-state index contributed by atoms with van der Waals surface area (Å²) in [6, 6.07) is 8.54. The molecule has 3 rings (SSSR count). The Kier molecular flexibility index (Phi) is 3.75. The molecule has 100 valence electrons. The summed E-state index contributed by atoms with van der Waals surface area (Å²) in [6.45, 7) is 6.24. The highest BCUT2D eigenvalue weighted by Crippen LogP contribution is 2.19. The maximum atomic E-state index is 4.66. The second-order valence-corrected chi connectivity index (χ2v) is 5.63. The summed E-state index contributed by atoms with van der Waals surface area (Å²) in [5.41, 5.74) is 2.57. The average Bonchev–Trinajstić information content (AvgIpc) is 2.88. The Labute approximate surface area is 117 Å². The van der Waals surface area contributed by atoms with Gasteiger partial charge >= 0.3 is 0 Å². The molecule has 19 heavy (non-hydrogen) atoms. The Morgan fingerprint density at radius 2 is 2.16 bits per heavy atom. The topological polar surface area (TPSA) is 41.1 Å². The molecule has 0 amide bonds. The van der Waals surface area contributed by atoms with E-state index in [4.69, 9.17) is 0 Å². The first-order valence-corrected chi connectivity index (χ1v) is 7.42. The van der Waals surface area contributed by atoms with E-state index in [0.29, 0.717) is 0 Å². The lowest BCUT2D eigenvalue weighted by Crippen LogP contribution is -2.43. The minimum atomic E-state index is 0.824. The Morgan fingerprint density at radius 3 is 2.95 bits per heavy atom. The van der Waals surface area contributed by atoms with Gasteiger partial charge in [0.1, 0.15) is 5.82 Å². The van der Waals surface area contributed by atoms with E-state index in [1.807, 2.05) is 0 Å². The number of hydrogen-bond donors (Lipinski definition) is 1. The molecule has 2 aromatic rings. The monoisotopic (exact) mass is 274 g/mol. The molecule has 0 radical (unpaired) electrons. The van der Waals surface area contributed by atoms with Crippen molar-refractivity contribution in [1.29, 1.82) is 0 Å². The Hall–Kier alpha value is -1.46. The SMILES string of the molecule is Cc1cccc(Cc2nsc(N3CCNCC3)n2)c1. The zero-order valence-electron chi connectivity index (χ0n) is 11.1. The molecule has 5 heteroatoms. The number of rotatable bonds is 3. The lowest BCUT2D eigenvalue weighted by atomic mass is 10.1. The lowest BCUT2D eigenvalue weighted by molar-refractivity contribution is 0.588. The summed E-state index contributed by atoms with van der Waals surface area (Å²) in [4.78, 5) is 6.98. The quantitative estimate of drug-likeness (QED) is 0.927. The first-order valence-electron chi connectivity index (χ1n) is 6.65. The highest BCUT2D eigenvalue weighted by atomic mass is 32.1. The molecule has 0 spiro atoms. The summed E-state index contributed by atoms with van der Waals surface area (Å²) >= 11 is 1.52. The van der Waals surface area contributed by atoms with Gasteiger partial charge in [-0.1, -0.05) is 29.8 Å². The predicted octanol–water partition coefficient (Wildman–Crippen LogP) is 1.85. The fourth-order valence-corrected chi connectivity index (χ4v) is 3.04. The van der Waals surface area contributed by atoms with Crippen molar-refractivity contribution >= 4 is 16.7 Å². The van der Waals surface area contributed by atoms with Crippen LogP contribution in [0, 0.1) is 6.92 Å². The van der Waals surface area contributed by atoms with E-state index in [2.05, 4.69) is 50.8 Å². The Morgan fingerprint density at radius 1 is 1.32 bits per heavy atom. The van der Waals surface area contributed by atoms with Crippen LogP contribution in [0.1, 0.15) is 17.0 Å². The highest BCUT2D eigenvalue weighted by Gasteiger charge is 2.15. The van der Waals surface area contributed by atoms with Gasteiger partial charge in [0, 0.05) is 44.1 Å². The normalized spacial score (nSPS) is 15.7. The van der Waals surface area contributed by atoms with Crippen molar-refractivity contribution in [3.05, 3.63) is 41.2 Å². The maximum Gasteiger partial charge on any atom is 0.205 e. The van der Waals surface area contributed by atoms with Crippen molar-refractivity contribution in [2.45, 2.75) is 13.3 Å². The first kappa shape index (κ1) is 12.6. The fraction of sp³-hybridized carbons (Fsp3) is 0.429. The average molecular weight is 274 g/mol. The van der Waals surface area contributed by atoms with Crippen LogP contribution in [0.4, 0.5) is 5.13 Å². The number of benzene rings is 1. The van der Waals surface area contributed by atoms with Gasteiger partial charge in [-0.05, 0) is 12.5 Å². The second kappa shape index (κ2) is 5.67. The van der Waals surface area contributed by atoms with E-state index in [0.717, 1.165) is 43.6 Å². The number of piperazine rings is 1. The number of hydrogen-bond acceptors (Lipinski definition) is 5. The van der Waals surface area contributed by atoms with Crippen LogP contribution in [0.5, 0.6) is 0 Å². The van der Waals surface area contributed by atoms with Gasteiger partial charge in [-0.25, -0.2) is 4.98 Å². The zero-order chi connectivity index (χ0) is 13.1. The third-order valence-corrected chi connectivity index (χ3v) is 4.10. The largest absolute Gasteiger partial charge is 0.344 e. The van der Waals surface area contributed by atoms with Gasteiger partial charge in [0.05, 0.1) is 0 Å². The number of nitrogens with one attached hydrogen (secondary N) is 1. The van der Waals surface area contributed by atoms with E-state index >= 15 is 0 Å². The molecule has 1 fully saturated rings. The molecule has 1 aliphatic rings. The molecule has 0 saturated carbocycles. The number of nitrogens with zero attached hydrogens (tertiary/aromatic N) is 3. The van der Waals surface area contributed by atoms with Crippen LogP contribution in [0.3, 0.4) is 0 Å². The summed E-state index contributed by atoms with van der Waals surface area (Å²) in [5, 5.41) is 4.41. The van der Waals surface area contributed by atoms with Gasteiger partial charge < -0.3 is 10.2 Å². The molecular weight excluding hydrogens is 256 g/mol. The van der Waals surface area contributed by atoms with Gasteiger partial charge in [-0.3, -0.25) is 0 Å². The molecule has 1 saturated heterocycles. The highest BCUT2D eigenvalue weighted by molar-refractivity contribution is 7.09. The second-order valence-electron chi connectivity index (χ2n) is 4.90. The van der Waals surface area contributed by atoms with Gasteiger partial charge in [-0.15, -0.1) is 0 Å². The molecule has 0 aliphatic carbocycles. The van der Waals surface area contributed by atoms with Gasteiger partial charge in [0.2, 0.25) is 5.13 Å². The third kappa shape index (κ3) is 3.11. The smallest absolute Gasteiger partial charge is 0.205 e. The number of aromatic nitrogens is 2. The van der Waals surface area contributed by atoms with Crippen molar-refractivity contribution in [2.24, 2.45) is 0 Å². The van der Waals surface area contributed by atoms with E-state index in [1.165, 1.54) is 22.7 Å². The van der Waals surface area contributed by atoms with E-state index < -0.39 is 0 Å². The van der Waals surface area contributed by atoms with Crippen LogP contribution in [0.15, 0.2) is 24.3 Å². The number of anilines is 1. The van der Waals surface area contributed by atoms with Gasteiger partial charge in [0.15, 0.2) is 0 Å². The molecule has 0 unspecified atom stereocenters. The van der Waals surface area contributed by atoms with Crippen molar-refractivity contribution in [1.82, 2.24) is 14.7 Å². The maximum absolute atomic E-state index is 4.66. The van der Waals surface area contributed by atoms with Crippen LogP contribution >= 0.6 is 11.5 Å². The summed E-state index contributed by atoms with van der Waals surface area (Å²) < 4.78 is 4.48. The first-order chi connectivity index (χ1) is 9.31. The van der Waals surface area contributed by atoms with E-state index in [-0.39, 0.29) is 0 Å². The van der Waals surface area contributed by atoms with Crippen LogP contribution in [-0.2, 0) is 6.42 Å². The van der Waals surface area contributed by atoms with Gasteiger partial charge in [-0.2, -0.15) is 4.37 Å². The third-order valence-electron chi connectivity index (χ3n) is 3.29. The predicted molar refractivity (Wildman–Crippen MR) is 79.0 cm³/mol. The molecule has 0 bridgehead atoms. The van der Waals surface area contributed by atoms with E-state index in [9.17, 15) is 0 Å². The molecule has 4 nitrogen and oxygen atoms in total. The van der Waals surface area contributed by atoms with Crippen molar-refractivity contribution in [2.75, 3.05) is 31.1 Å². The zero-order valence-corrected chi connectivity index (χ0v) is 11.9. The van der Waals surface area contributed by atoms with Crippen LogP contribution in [0.25, 0.3) is 0 Å². The molecule has 1 aliphatic heterocycles. The minimum absolute atomic E-state index is 0.824. The van der Waals surface area contributed by atoms with Crippen LogP contribution < -0.4 is 10.2 Å². The van der Waals surface area contributed by atoms with Crippen molar-refractivity contribution in [3.63, 3.8) is 0 Å². The fourth-order valence-electron chi connectivity index (χ4n) is 2.31. The molecular formula is C14H18N4S. The summed E-state index contributed by atoms with van der Waals surface area (Å²) in [7, 11) is 0. The van der Waals surface area contributed by atoms with Crippen molar-refractivity contribution in [3.8, 4) is 0 Å². The lowest BCUT2D eigenvalue weighted by Gasteiger charge is -2.26. The standard InChI is InChI=1S/C14H18N4S/c1-11-3-2-4-12(9-11)10-13-16-14(19-17-13)18-7-5-15-6-8-18/h2-4,9,15H,5-8,10H2,1H3. The minimum Gasteiger partial charge on any atom is -0.344 e. The Balaban J connectivity index is 1.70. The van der Waals surface area contributed by atoms with Crippen LogP contribution in [0.2, 0.25) is 0 Å². The molecule has 0 atom stereocenters. The summed E-state index contributed by atoms with van der Waals surface area (Å²) in [5.74, 6) is 0.934. The molecule has 1 aromatic carbocycles. The Bertz CT molecular complexity index is 546. The molecule has 2 heterocycles. The van der Waals surface area contributed by atoms with Crippen molar-refractivity contribution < 1.29 is 0 Å². The number of aryl methyl sites for hydroxylation is 1. The summed E-state index contributed by atoms with van der Waals surface area (Å²) in [6.07, 6.45) is 0.824. The van der Waals surface area contributed by atoms with Gasteiger partial charge in [0.25, 0.3) is 0 Å².